The lowest BCUT2D eigenvalue weighted by atomic mass is 10.3. The van der Waals surface area contributed by atoms with E-state index in [1.807, 2.05) is 0 Å². The fraction of sp³-hybridized carbons (Fsp3) is 0. The van der Waals surface area contributed by atoms with Crippen molar-refractivity contribution in [3.05, 3.63) is 32.4 Å². The zero-order valence-electron chi connectivity index (χ0n) is 5.73. The van der Waals surface area contributed by atoms with Gasteiger partial charge in [-0.2, -0.15) is 0 Å². The van der Waals surface area contributed by atoms with Crippen LogP contribution in [0.5, 0.6) is 0 Å². The fourth-order valence-electron chi connectivity index (χ4n) is 0.644. The van der Waals surface area contributed by atoms with Gasteiger partial charge in [0.15, 0.2) is 12.5 Å². The third-order valence-corrected chi connectivity index (χ3v) is 1.74. The highest BCUT2D eigenvalue weighted by Gasteiger charge is 2.13. The van der Waals surface area contributed by atoms with Crippen LogP contribution < -0.4 is 0 Å². The largest absolute Gasteiger partial charge is 0.377 e. The fourth-order valence-corrected chi connectivity index (χ4v) is 1.16. The second-order valence-corrected chi connectivity index (χ2v) is 2.80. The first-order chi connectivity index (χ1) is 5.65. The number of nitrogens with zero attached hydrogens (tertiary/aromatic N) is 2. The Bertz CT molecular complexity index is 340. The Labute approximate surface area is 75.7 Å². The monoisotopic (exact) mass is 230 g/mol. The van der Waals surface area contributed by atoms with Crippen LogP contribution in [0, 0.1) is 10.1 Å². The Morgan fingerprint density at radius 1 is 1.67 bits per heavy atom. The summed E-state index contributed by atoms with van der Waals surface area (Å²) in [5.41, 5.74) is 0.299. The summed E-state index contributed by atoms with van der Waals surface area (Å²) in [6.45, 7) is 0. The molecule has 0 unspecified atom stereocenters. The molecule has 0 atom stereocenters. The first-order valence-corrected chi connectivity index (χ1v) is 3.69. The summed E-state index contributed by atoms with van der Waals surface area (Å²) in [6.07, 6.45) is 1.72. The number of hydrogen-bond acceptors (Lipinski definition) is 4. The van der Waals surface area contributed by atoms with E-state index in [0.29, 0.717) is 11.8 Å². The molecular formula is C6H3BrN2O3. The lowest BCUT2D eigenvalue weighted by Gasteiger charge is -1.93. The molecule has 0 saturated heterocycles. The molecule has 0 spiro atoms. The van der Waals surface area contributed by atoms with E-state index in [2.05, 4.69) is 20.9 Å². The van der Waals surface area contributed by atoms with Gasteiger partial charge in [0.25, 0.3) is 0 Å². The van der Waals surface area contributed by atoms with Gasteiger partial charge < -0.3 is 10.1 Å². The van der Waals surface area contributed by atoms with Gasteiger partial charge in [-0.15, -0.1) is 0 Å². The van der Waals surface area contributed by atoms with Crippen LogP contribution >= 0.6 is 15.9 Å². The van der Waals surface area contributed by atoms with Crippen molar-refractivity contribution in [2.45, 2.75) is 0 Å². The summed E-state index contributed by atoms with van der Waals surface area (Å²) in [4.78, 5) is 23.3. The number of carbonyl (C=O) groups excluding carboxylic acids is 1. The second kappa shape index (κ2) is 3.40. The summed E-state index contributed by atoms with van der Waals surface area (Å²) in [7, 11) is 0. The number of pyridine rings is 1. The van der Waals surface area contributed by atoms with Crippen molar-refractivity contribution >= 4 is 28.0 Å². The minimum absolute atomic E-state index is 0.206. The van der Waals surface area contributed by atoms with E-state index >= 15 is 0 Å². The maximum Gasteiger partial charge on any atom is 0.377 e. The van der Waals surface area contributed by atoms with Gasteiger partial charge in [0.1, 0.15) is 4.47 Å². The van der Waals surface area contributed by atoms with Crippen LogP contribution in [0.15, 0.2) is 16.7 Å². The van der Waals surface area contributed by atoms with Crippen molar-refractivity contribution in [2.75, 3.05) is 0 Å². The van der Waals surface area contributed by atoms with Crippen LogP contribution in [0.1, 0.15) is 10.4 Å². The number of halogens is 1. The van der Waals surface area contributed by atoms with Gasteiger partial charge in [-0.25, -0.2) is 0 Å². The quantitative estimate of drug-likeness (QED) is 0.439. The molecule has 0 fully saturated rings. The van der Waals surface area contributed by atoms with Crippen molar-refractivity contribution in [1.29, 1.82) is 0 Å². The lowest BCUT2D eigenvalue weighted by Crippen LogP contribution is -1.94. The van der Waals surface area contributed by atoms with Gasteiger partial charge in [0.05, 0.1) is 5.56 Å². The van der Waals surface area contributed by atoms with Gasteiger partial charge in [0.2, 0.25) is 0 Å². The van der Waals surface area contributed by atoms with E-state index in [4.69, 9.17) is 0 Å². The number of carbonyl (C=O) groups is 1. The molecule has 1 heterocycles. The standard InChI is InChI=1S/C6H3BrN2O3/c7-5-1-4(3-10)2-8-6(5)9(11)12/h1-3H. The SMILES string of the molecule is O=Cc1cnc([N+](=O)[O-])c(Br)c1. The van der Waals surface area contributed by atoms with Crippen molar-refractivity contribution in [3.8, 4) is 0 Å². The molecule has 0 aliphatic rings. The Kier molecular flexibility index (Phi) is 2.49. The molecule has 5 nitrogen and oxygen atoms in total. The molecule has 0 amide bonds. The van der Waals surface area contributed by atoms with Crippen LogP contribution in [-0.2, 0) is 0 Å². The summed E-state index contributed by atoms with van der Waals surface area (Å²) < 4.78 is 0.206. The highest BCUT2D eigenvalue weighted by molar-refractivity contribution is 9.10. The number of aromatic nitrogens is 1. The highest BCUT2D eigenvalue weighted by Crippen LogP contribution is 2.21. The summed E-state index contributed by atoms with van der Waals surface area (Å²) in [5.74, 6) is -0.291. The molecule has 0 bridgehead atoms. The molecule has 1 aromatic rings. The van der Waals surface area contributed by atoms with Crippen LogP contribution in [0.4, 0.5) is 5.82 Å². The van der Waals surface area contributed by atoms with Crippen molar-refractivity contribution in [3.63, 3.8) is 0 Å². The smallest absolute Gasteiger partial charge is 0.358 e. The molecule has 0 aliphatic heterocycles. The molecule has 12 heavy (non-hydrogen) atoms. The third kappa shape index (κ3) is 1.65. The van der Waals surface area contributed by atoms with E-state index in [0.717, 1.165) is 6.20 Å². The zero-order valence-corrected chi connectivity index (χ0v) is 7.32. The van der Waals surface area contributed by atoms with E-state index in [1.165, 1.54) is 6.07 Å². The first kappa shape index (κ1) is 8.79. The predicted molar refractivity (Wildman–Crippen MR) is 44.0 cm³/mol. The molecule has 6 heteroatoms. The van der Waals surface area contributed by atoms with Crippen molar-refractivity contribution < 1.29 is 9.72 Å². The molecule has 1 rings (SSSR count). The summed E-state index contributed by atoms with van der Waals surface area (Å²) >= 11 is 2.93. The van der Waals surface area contributed by atoms with Gasteiger partial charge in [-0.3, -0.25) is 4.79 Å². The molecule has 1 aromatic heterocycles. The second-order valence-electron chi connectivity index (χ2n) is 1.95. The number of aldehydes is 1. The number of rotatable bonds is 2. The van der Waals surface area contributed by atoms with E-state index in [9.17, 15) is 14.9 Å². The Hall–Kier alpha value is -1.30. The molecular weight excluding hydrogens is 228 g/mol. The summed E-state index contributed by atoms with van der Waals surface area (Å²) in [6, 6.07) is 1.35. The Morgan fingerprint density at radius 2 is 2.33 bits per heavy atom. The molecule has 0 N–H and O–H groups in total. The van der Waals surface area contributed by atoms with Gasteiger partial charge >= 0.3 is 5.82 Å². The van der Waals surface area contributed by atoms with Crippen LogP contribution in [0.2, 0.25) is 0 Å². The summed E-state index contributed by atoms with van der Waals surface area (Å²) in [5, 5.41) is 10.2. The molecule has 0 saturated carbocycles. The van der Waals surface area contributed by atoms with Gasteiger partial charge in [0, 0.05) is 0 Å². The average Bonchev–Trinajstić information content (AvgIpc) is 2.03. The van der Waals surface area contributed by atoms with Gasteiger partial charge in [-0.05, 0) is 31.9 Å². The van der Waals surface area contributed by atoms with E-state index in [1.54, 1.807) is 0 Å². The van der Waals surface area contributed by atoms with Crippen molar-refractivity contribution in [1.82, 2.24) is 4.98 Å². The Morgan fingerprint density at radius 3 is 2.75 bits per heavy atom. The molecule has 0 aliphatic carbocycles. The highest BCUT2D eigenvalue weighted by atomic mass is 79.9. The van der Waals surface area contributed by atoms with Crippen molar-refractivity contribution in [2.24, 2.45) is 0 Å². The Balaban J connectivity index is 3.20. The van der Waals surface area contributed by atoms with Crippen LogP contribution in [-0.4, -0.2) is 16.2 Å². The normalized spacial score (nSPS) is 9.42. The molecule has 62 valence electrons. The maximum absolute atomic E-state index is 10.2. The third-order valence-electron chi connectivity index (χ3n) is 1.15. The minimum atomic E-state index is -0.626. The predicted octanol–water partition coefficient (Wildman–Crippen LogP) is 1.56. The molecule has 0 aromatic carbocycles. The maximum atomic E-state index is 10.2. The topological polar surface area (TPSA) is 73.1 Å². The lowest BCUT2D eigenvalue weighted by molar-refractivity contribution is -0.390. The van der Waals surface area contributed by atoms with Gasteiger partial charge in [-0.1, -0.05) is 0 Å². The average molecular weight is 231 g/mol. The zero-order chi connectivity index (χ0) is 9.14. The minimum Gasteiger partial charge on any atom is -0.358 e. The van der Waals surface area contributed by atoms with E-state index in [-0.39, 0.29) is 10.3 Å². The van der Waals surface area contributed by atoms with Crippen LogP contribution in [0.25, 0.3) is 0 Å². The molecule has 0 radical (unpaired) electrons. The van der Waals surface area contributed by atoms with E-state index < -0.39 is 4.92 Å². The number of nitro groups is 1. The first-order valence-electron chi connectivity index (χ1n) is 2.90. The van der Waals surface area contributed by atoms with Crippen LogP contribution in [0.3, 0.4) is 0 Å². The number of hydrogen-bond donors (Lipinski definition) is 0.